The van der Waals surface area contributed by atoms with Gasteiger partial charge in [-0.2, -0.15) is 0 Å². The summed E-state index contributed by atoms with van der Waals surface area (Å²) in [6.07, 6.45) is 4.67. The van der Waals surface area contributed by atoms with Crippen molar-refractivity contribution in [2.75, 3.05) is 12.5 Å². The molecule has 0 unspecified atom stereocenters. The van der Waals surface area contributed by atoms with Crippen LogP contribution in [-0.4, -0.2) is 23.9 Å². The molecule has 0 aliphatic heterocycles. The minimum atomic E-state index is 0.116. The van der Waals surface area contributed by atoms with Gasteiger partial charge in [-0.15, -0.1) is 0 Å². The molecule has 0 radical (unpaired) electrons. The molecule has 0 aromatic heterocycles. The van der Waals surface area contributed by atoms with Crippen LogP contribution in [0.3, 0.4) is 0 Å². The molecule has 110 valence electrons. The number of amides is 1. The van der Waals surface area contributed by atoms with Crippen molar-refractivity contribution >= 4 is 11.6 Å². The second-order valence-electron chi connectivity index (χ2n) is 6.00. The standard InChI is InChI=1S/C16H25N3O/c1-11-4-7-14(8-5-11)19(3)16(20)15-9-6-13(18-17)10-12(15)2/h6,9-11,14,18H,4-5,7-8,17H2,1-3H3. The molecule has 4 nitrogen and oxygen atoms in total. The predicted octanol–water partition coefficient (Wildman–Crippen LogP) is 2.93. The van der Waals surface area contributed by atoms with Crippen LogP contribution in [0.25, 0.3) is 0 Å². The molecule has 20 heavy (non-hydrogen) atoms. The number of carbonyl (C=O) groups excluding carboxylic acids is 1. The van der Waals surface area contributed by atoms with E-state index in [4.69, 9.17) is 5.84 Å². The summed E-state index contributed by atoms with van der Waals surface area (Å²) in [4.78, 5) is 14.5. The molecule has 1 aliphatic rings. The van der Waals surface area contributed by atoms with E-state index in [1.807, 2.05) is 37.1 Å². The Bertz CT molecular complexity index is 479. The van der Waals surface area contributed by atoms with Crippen LogP contribution in [0.5, 0.6) is 0 Å². The SMILES string of the molecule is Cc1cc(NN)ccc1C(=O)N(C)C1CCC(C)CC1. The van der Waals surface area contributed by atoms with E-state index >= 15 is 0 Å². The zero-order valence-corrected chi connectivity index (χ0v) is 12.6. The van der Waals surface area contributed by atoms with Crippen LogP contribution in [0.2, 0.25) is 0 Å². The number of rotatable bonds is 3. The van der Waals surface area contributed by atoms with Crippen molar-refractivity contribution in [2.45, 2.75) is 45.6 Å². The molecule has 3 N–H and O–H groups in total. The van der Waals surface area contributed by atoms with Crippen LogP contribution in [0.15, 0.2) is 18.2 Å². The summed E-state index contributed by atoms with van der Waals surface area (Å²) in [7, 11) is 1.93. The molecule has 1 fully saturated rings. The van der Waals surface area contributed by atoms with E-state index in [9.17, 15) is 4.79 Å². The third-order valence-electron chi connectivity index (χ3n) is 4.48. The van der Waals surface area contributed by atoms with Gasteiger partial charge in [-0.3, -0.25) is 10.6 Å². The van der Waals surface area contributed by atoms with E-state index in [0.717, 1.165) is 35.6 Å². The number of aryl methyl sites for hydroxylation is 1. The number of nitrogens with one attached hydrogen (secondary N) is 1. The minimum absolute atomic E-state index is 0.116. The van der Waals surface area contributed by atoms with E-state index in [-0.39, 0.29) is 5.91 Å². The van der Waals surface area contributed by atoms with Gasteiger partial charge in [0.15, 0.2) is 0 Å². The van der Waals surface area contributed by atoms with Crippen molar-refractivity contribution in [3.8, 4) is 0 Å². The fraction of sp³-hybridized carbons (Fsp3) is 0.562. The minimum Gasteiger partial charge on any atom is -0.339 e. The van der Waals surface area contributed by atoms with Gasteiger partial charge < -0.3 is 10.3 Å². The molecule has 0 atom stereocenters. The van der Waals surface area contributed by atoms with Gasteiger partial charge >= 0.3 is 0 Å². The molecule has 0 spiro atoms. The number of benzene rings is 1. The van der Waals surface area contributed by atoms with E-state index in [0.29, 0.717) is 6.04 Å². The average molecular weight is 275 g/mol. The van der Waals surface area contributed by atoms with Gasteiger partial charge in [0, 0.05) is 24.3 Å². The Balaban J connectivity index is 2.10. The number of nitrogen functional groups attached to an aromatic ring is 1. The Morgan fingerprint density at radius 1 is 1.30 bits per heavy atom. The predicted molar refractivity (Wildman–Crippen MR) is 82.5 cm³/mol. The van der Waals surface area contributed by atoms with Crippen LogP contribution in [0, 0.1) is 12.8 Å². The molecule has 1 aromatic carbocycles. The summed E-state index contributed by atoms with van der Waals surface area (Å²) in [6.45, 7) is 4.24. The number of anilines is 1. The zero-order valence-electron chi connectivity index (χ0n) is 12.6. The van der Waals surface area contributed by atoms with Crippen molar-refractivity contribution in [1.29, 1.82) is 0 Å². The Morgan fingerprint density at radius 2 is 1.95 bits per heavy atom. The molecule has 2 rings (SSSR count). The third-order valence-corrected chi connectivity index (χ3v) is 4.48. The second-order valence-corrected chi connectivity index (χ2v) is 6.00. The Kier molecular flexibility index (Phi) is 4.65. The maximum absolute atomic E-state index is 12.6. The van der Waals surface area contributed by atoms with Gasteiger partial charge in [-0.05, 0) is 62.3 Å². The van der Waals surface area contributed by atoms with Gasteiger partial charge in [0.05, 0.1) is 0 Å². The first-order valence-corrected chi connectivity index (χ1v) is 7.37. The number of nitrogens with zero attached hydrogens (tertiary/aromatic N) is 1. The van der Waals surface area contributed by atoms with Gasteiger partial charge in [-0.25, -0.2) is 0 Å². The topological polar surface area (TPSA) is 58.4 Å². The average Bonchev–Trinajstić information content (AvgIpc) is 2.46. The number of hydrogen-bond acceptors (Lipinski definition) is 3. The van der Waals surface area contributed by atoms with Crippen LogP contribution in [-0.2, 0) is 0 Å². The van der Waals surface area contributed by atoms with Gasteiger partial charge in [0.25, 0.3) is 5.91 Å². The number of hydrazine groups is 1. The van der Waals surface area contributed by atoms with Crippen molar-refractivity contribution < 1.29 is 4.79 Å². The molecule has 1 aliphatic carbocycles. The fourth-order valence-electron chi connectivity index (χ4n) is 2.98. The lowest BCUT2D eigenvalue weighted by Gasteiger charge is -2.34. The van der Waals surface area contributed by atoms with E-state index in [1.165, 1.54) is 12.8 Å². The molecule has 0 saturated heterocycles. The van der Waals surface area contributed by atoms with Gasteiger partial charge in [0.2, 0.25) is 0 Å². The van der Waals surface area contributed by atoms with Crippen molar-refractivity contribution in [3.63, 3.8) is 0 Å². The molecule has 1 amide bonds. The molecular weight excluding hydrogens is 250 g/mol. The number of hydrogen-bond donors (Lipinski definition) is 2. The molecule has 0 bridgehead atoms. The lowest BCUT2D eigenvalue weighted by atomic mass is 9.86. The van der Waals surface area contributed by atoms with Crippen LogP contribution in [0.1, 0.15) is 48.5 Å². The largest absolute Gasteiger partial charge is 0.339 e. The third kappa shape index (κ3) is 3.12. The molecule has 4 heteroatoms. The van der Waals surface area contributed by atoms with Crippen LogP contribution in [0.4, 0.5) is 5.69 Å². The second kappa shape index (κ2) is 6.27. The van der Waals surface area contributed by atoms with Crippen molar-refractivity contribution in [2.24, 2.45) is 11.8 Å². The zero-order chi connectivity index (χ0) is 14.7. The monoisotopic (exact) mass is 275 g/mol. The van der Waals surface area contributed by atoms with Crippen LogP contribution >= 0.6 is 0 Å². The first kappa shape index (κ1) is 14.9. The maximum atomic E-state index is 12.6. The summed E-state index contributed by atoms with van der Waals surface area (Å²) in [5.74, 6) is 6.30. The highest BCUT2D eigenvalue weighted by atomic mass is 16.2. The fourth-order valence-corrected chi connectivity index (χ4v) is 2.98. The lowest BCUT2D eigenvalue weighted by Crippen LogP contribution is -2.39. The maximum Gasteiger partial charge on any atom is 0.254 e. The van der Waals surface area contributed by atoms with Crippen LogP contribution < -0.4 is 11.3 Å². The van der Waals surface area contributed by atoms with Crippen molar-refractivity contribution in [1.82, 2.24) is 4.90 Å². The number of carbonyl (C=O) groups is 1. The quantitative estimate of drug-likeness (QED) is 0.658. The summed E-state index contributed by atoms with van der Waals surface area (Å²) in [5.41, 5.74) is 5.16. The van der Waals surface area contributed by atoms with E-state index in [2.05, 4.69) is 12.3 Å². The first-order chi connectivity index (χ1) is 9.52. The lowest BCUT2D eigenvalue weighted by molar-refractivity contribution is 0.0679. The Hall–Kier alpha value is -1.55. The summed E-state index contributed by atoms with van der Waals surface area (Å²) >= 11 is 0. The van der Waals surface area contributed by atoms with Gasteiger partial charge in [-0.1, -0.05) is 6.92 Å². The number of nitrogens with two attached hydrogens (primary N) is 1. The van der Waals surface area contributed by atoms with E-state index < -0.39 is 0 Å². The summed E-state index contributed by atoms with van der Waals surface area (Å²) in [6, 6.07) is 5.99. The molecule has 0 heterocycles. The summed E-state index contributed by atoms with van der Waals surface area (Å²) in [5, 5.41) is 0. The molecule has 1 aromatic rings. The molecule has 1 saturated carbocycles. The smallest absolute Gasteiger partial charge is 0.254 e. The van der Waals surface area contributed by atoms with E-state index in [1.54, 1.807) is 0 Å². The summed E-state index contributed by atoms with van der Waals surface area (Å²) < 4.78 is 0. The van der Waals surface area contributed by atoms with Crippen molar-refractivity contribution in [3.05, 3.63) is 29.3 Å². The highest BCUT2D eigenvalue weighted by molar-refractivity contribution is 5.96. The highest BCUT2D eigenvalue weighted by Gasteiger charge is 2.26. The Labute approximate surface area is 121 Å². The molecular formula is C16H25N3O. The highest BCUT2D eigenvalue weighted by Crippen LogP contribution is 2.27. The normalized spacial score (nSPS) is 22.4. The Morgan fingerprint density at radius 3 is 2.50 bits per heavy atom. The first-order valence-electron chi connectivity index (χ1n) is 7.37. The van der Waals surface area contributed by atoms with Gasteiger partial charge in [0.1, 0.15) is 0 Å².